The molecule has 1 saturated carbocycles. The third-order valence-electron chi connectivity index (χ3n) is 4.22. The second-order valence-corrected chi connectivity index (χ2v) is 6.09. The number of hydrogen-bond acceptors (Lipinski definition) is 4. The normalized spacial score (nSPS) is 15.9. The number of oxazole rings is 1. The van der Waals surface area contributed by atoms with Gasteiger partial charge >= 0.3 is 0 Å². The minimum absolute atomic E-state index is 0. The molecule has 2 rings (SSSR count). The predicted octanol–water partition coefficient (Wildman–Crippen LogP) is 3.31. The van der Waals surface area contributed by atoms with Gasteiger partial charge in [-0.05, 0) is 33.1 Å². The zero-order chi connectivity index (χ0) is 16.5. The first kappa shape index (κ1) is 21.2. The van der Waals surface area contributed by atoms with Crippen LogP contribution in [0.2, 0.25) is 0 Å². The largest absolute Gasteiger partial charge is 0.444 e. The standard InChI is InChI=1S/C17H30N4O2.HI/c1-13-14(2)23-16(21-13)12-20-17(18-3)19-10-7-11-22-15-8-5-4-6-9-15;/h15H,4-12H2,1-3H3,(H2,18,19,20);1H. The van der Waals surface area contributed by atoms with Gasteiger partial charge in [-0.25, -0.2) is 4.98 Å². The molecule has 0 spiro atoms. The van der Waals surface area contributed by atoms with Crippen molar-refractivity contribution < 1.29 is 9.15 Å². The highest BCUT2D eigenvalue weighted by Crippen LogP contribution is 2.20. The Hall–Kier alpha value is -0.830. The molecule has 0 atom stereocenters. The van der Waals surface area contributed by atoms with E-state index >= 15 is 0 Å². The van der Waals surface area contributed by atoms with Crippen LogP contribution in [0.25, 0.3) is 0 Å². The molecule has 1 aromatic heterocycles. The van der Waals surface area contributed by atoms with Crippen LogP contribution < -0.4 is 10.6 Å². The number of ether oxygens (including phenoxy) is 1. The van der Waals surface area contributed by atoms with Crippen molar-refractivity contribution >= 4 is 29.9 Å². The number of aromatic nitrogens is 1. The fraction of sp³-hybridized carbons (Fsp3) is 0.765. The van der Waals surface area contributed by atoms with Crippen molar-refractivity contribution in [3.8, 4) is 0 Å². The highest BCUT2D eigenvalue weighted by molar-refractivity contribution is 14.0. The van der Waals surface area contributed by atoms with Crippen molar-refractivity contribution in [2.24, 2.45) is 4.99 Å². The molecule has 1 heterocycles. The number of aryl methyl sites for hydroxylation is 2. The van der Waals surface area contributed by atoms with Crippen LogP contribution in [-0.2, 0) is 11.3 Å². The molecule has 6 nitrogen and oxygen atoms in total. The second-order valence-electron chi connectivity index (χ2n) is 6.09. The van der Waals surface area contributed by atoms with Crippen LogP contribution in [0.3, 0.4) is 0 Å². The van der Waals surface area contributed by atoms with Crippen molar-refractivity contribution in [3.63, 3.8) is 0 Å². The lowest BCUT2D eigenvalue weighted by atomic mass is 9.98. The summed E-state index contributed by atoms with van der Waals surface area (Å²) >= 11 is 0. The van der Waals surface area contributed by atoms with E-state index < -0.39 is 0 Å². The van der Waals surface area contributed by atoms with E-state index in [0.717, 1.165) is 37.0 Å². The summed E-state index contributed by atoms with van der Waals surface area (Å²) in [5, 5.41) is 6.50. The molecule has 1 aliphatic carbocycles. The summed E-state index contributed by atoms with van der Waals surface area (Å²) in [5.41, 5.74) is 0.935. The highest BCUT2D eigenvalue weighted by Gasteiger charge is 2.13. The van der Waals surface area contributed by atoms with Crippen LogP contribution in [0.4, 0.5) is 0 Å². The Labute approximate surface area is 162 Å². The van der Waals surface area contributed by atoms with Crippen molar-refractivity contribution in [2.75, 3.05) is 20.2 Å². The average Bonchev–Trinajstić information content (AvgIpc) is 2.89. The molecule has 138 valence electrons. The van der Waals surface area contributed by atoms with Crippen molar-refractivity contribution in [2.45, 2.75) is 65.0 Å². The number of rotatable bonds is 7. The molecule has 0 aromatic carbocycles. The minimum Gasteiger partial charge on any atom is -0.444 e. The van der Waals surface area contributed by atoms with Gasteiger partial charge in [-0.15, -0.1) is 24.0 Å². The van der Waals surface area contributed by atoms with Crippen molar-refractivity contribution in [3.05, 3.63) is 17.3 Å². The quantitative estimate of drug-likeness (QED) is 0.289. The van der Waals surface area contributed by atoms with Gasteiger partial charge in [0, 0.05) is 20.2 Å². The maximum Gasteiger partial charge on any atom is 0.214 e. The number of nitrogens with zero attached hydrogens (tertiary/aromatic N) is 2. The first-order valence-electron chi connectivity index (χ1n) is 8.68. The van der Waals surface area contributed by atoms with E-state index in [4.69, 9.17) is 9.15 Å². The van der Waals surface area contributed by atoms with Crippen LogP contribution in [0.15, 0.2) is 9.41 Å². The van der Waals surface area contributed by atoms with Gasteiger partial charge in [0.2, 0.25) is 5.89 Å². The average molecular weight is 450 g/mol. The van der Waals surface area contributed by atoms with E-state index in [9.17, 15) is 0 Å². The number of halogens is 1. The SMILES string of the molecule is CN=C(NCCCOC1CCCCC1)NCc1nc(C)c(C)o1.I. The molecule has 2 N–H and O–H groups in total. The molecule has 0 amide bonds. The molecular formula is C17H31IN4O2. The maximum absolute atomic E-state index is 5.92. The third kappa shape index (κ3) is 7.38. The topological polar surface area (TPSA) is 71.7 Å². The third-order valence-corrected chi connectivity index (χ3v) is 4.22. The van der Waals surface area contributed by atoms with E-state index in [0.29, 0.717) is 18.5 Å². The Morgan fingerprint density at radius 3 is 2.62 bits per heavy atom. The summed E-state index contributed by atoms with van der Waals surface area (Å²) < 4.78 is 11.5. The number of aliphatic imine (C=N–C) groups is 1. The molecule has 0 bridgehead atoms. The van der Waals surface area contributed by atoms with E-state index in [2.05, 4.69) is 20.6 Å². The van der Waals surface area contributed by atoms with Gasteiger partial charge in [0.1, 0.15) is 5.76 Å². The summed E-state index contributed by atoms with van der Waals surface area (Å²) in [5.74, 6) is 2.31. The molecule has 1 fully saturated rings. The lowest BCUT2D eigenvalue weighted by Gasteiger charge is -2.22. The maximum atomic E-state index is 5.92. The smallest absolute Gasteiger partial charge is 0.214 e. The van der Waals surface area contributed by atoms with Gasteiger partial charge in [-0.3, -0.25) is 4.99 Å². The summed E-state index contributed by atoms with van der Waals surface area (Å²) in [6.45, 7) is 6.06. The van der Waals surface area contributed by atoms with Gasteiger partial charge in [0.25, 0.3) is 0 Å². The lowest BCUT2D eigenvalue weighted by Crippen LogP contribution is -2.37. The highest BCUT2D eigenvalue weighted by atomic mass is 127. The molecule has 0 aliphatic heterocycles. The molecule has 0 radical (unpaired) electrons. The number of nitrogens with one attached hydrogen (secondary N) is 2. The minimum atomic E-state index is 0. The van der Waals surface area contributed by atoms with Crippen LogP contribution in [0.1, 0.15) is 55.9 Å². The first-order valence-corrected chi connectivity index (χ1v) is 8.68. The zero-order valence-electron chi connectivity index (χ0n) is 15.1. The molecular weight excluding hydrogens is 419 g/mol. The molecule has 0 unspecified atom stereocenters. The second kappa shape index (κ2) is 11.7. The van der Waals surface area contributed by atoms with Gasteiger partial charge in [-0.2, -0.15) is 0 Å². The van der Waals surface area contributed by atoms with Crippen LogP contribution in [0, 0.1) is 13.8 Å². The number of hydrogen-bond donors (Lipinski definition) is 2. The van der Waals surface area contributed by atoms with Gasteiger partial charge in [0.15, 0.2) is 5.96 Å². The van der Waals surface area contributed by atoms with Gasteiger partial charge < -0.3 is 19.8 Å². The number of guanidine groups is 1. The van der Waals surface area contributed by atoms with E-state index in [1.165, 1.54) is 32.1 Å². The van der Waals surface area contributed by atoms with Crippen LogP contribution in [-0.4, -0.2) is 37.2 Å². The van der Waals surface area contributed by atoms with Crippen LogP contribution in [0.5, 0.6) is 0 Å². The molecule has 1 aliphatic rings. The monoisotopic (exact) mass is 450 g/mol. The molecule has 0 saturated heterocycles. The fourth-order valence-electron chi connectivity index (χ4n) is 2.76. The summed E-state index contributed by atoms with van der Waals surface area (Å²) in [6.07, 6.45) is 7.93. The Morgan fingerprint density at radius 2 is 2.00 bits per heavy atom. The Bertz CT molecular complexity index is 479. The predicted molar refractivity (Wildman–Crippen MR) is 107 cm³/mol. The van der Waals surface area contributed by atoms with E-state index in [-0.39, 0.29) is 24.0 Å². The Morgan fingerprint density at radius 1 is 1.25 bits per heavy atom. The van der Waals surface area contributed by atoms with Crippen LogP contribution >= 0.6 is 24.0 Å². The van der Waals surface area contributed by atoms with E-state index in [1.807, 2.05) is 13.8 Å². The van der Waals surface area contributed by atoms with Crippen molar-refractivity contribution in [1.82, 2.24) is 15.6 Å². The zero-order valence-corrected chi connectivity index (χ0v) is 17.4. The van der Waals surface area contributed by atoms with Gasteiger partial charge in [-0.1, -0.05) is 19.3 Å². The van der Waals surface area contributed by atoms with Gasteiger partial charge in [0.05, 0.1) is 18.3 Å². The Kier molecular flexibility index (Phi) is 10.3. The summed E-state index contributed by atoms with van der Waals surface area (Å²) in [4.78, 5) is 8.55. The summed E-state index contributed by atoms with van der Waals surface area (Å²) in [7, 11) is 1.76. The molecule has 24 heavy (non-hydrogen) atoms. The first-order chi connectivity index (χ1) is 11.2. The fourth-order valence-corrected chi connectivity index (χ4v) is 2.76. The lowest BCUT2D eigenvalue weighted by molar-refractivity contribution is 0.0277. The molecule has 7 heteroatoms. The molecule has 1 aromatic rings. The van der Waals surface area contributed by atoms with Crippen molar-refractivity contribution in [1.29, 1.82) is 0 Å². The Balaban J connectivity index is 0.00000288. The summed E-state index contributed by atoms with van der Waals surface area (Å²) in [6, 6.07) is 0. The van der Waals surface area contributed by atoms with E-state index in [1.54, 1.807) is 7.05 Å².